The van der Waals surface area contributed by atoms with Crippen LogP contribution >= 0.6 is 15.9 Å². The highest BCUT2D eigenvalue weighted by Gasteiger charge is 2.44. The van der Waals surface area contributed by atoms with E-state index in [-0.39, 0.29) is 22.8 Å². The number of hydrogen-bond acceptors (Lipinski definition) is 9. The topological polar surface area (TPSA) is 111 Å². The zero-order valence-corrected chi connectivity index (χ0v) is 22.3. The fourth-order valence-corrected chi connectivity index (χ4v) is 5.03. The van der Waals surface area contributed by atoms with Crippen molar-refractivity contribution in [3.8, 4) is 17.1 Å². The van der Waals surface area contributed by atoms with E-state index in [1.165, 1.54) is 14.2 Å². The number of aliphatic hydroxyl groups is 1. The summed E-state index contributed by atoms with van der Waals surface area (Å²) in [5.41, 5.74) is 2.20. The van der Waals surface area contributed by atoms with Gasteiger partial charge in [-0.25, -0.2) is 9.59 Å². The molecular formula is C28H23BrN2O7. The van der Waals surface area contributed by atoms with Crippen LogP contribution in [0.5, 0.6) is 5.75 Å². The van der Waals surface area contributed by atoms with Crippen LogP contribution in [-0.2, 0) is 9.47 Å². The van der Waals surface area contributed by atoms with Crippen LogP contribution in [0.25, 0.3) is 11.3 Å². The number of nitrogens with zero attached hydrogens (tertiary/aromatic N) is 2. The van der Waals surface area contributed by atoms with Gasteiger partial charge in [-0.3, -0.25) is 4.98 Å². The summed E-state index contributed by atoms with van der Waals surface area (Å²) in [4.78, 5) is 32.4. The molecule has 0 amide bonds. The van der Waals surface area contributed by atoms with Gasteiger partial charge in [0.1, 0.15) is 29.1 Å². The Morgan fingerprint density at radius 1 is 1.00 bits per heavy atom. The molecule has 1 N–H and O–H groups in total. The predicted octanol–water partition coefficient (Wildman–Crippen LogP) is 5.61. The Morgan fingerprint density at radius 3 is 2.37 bits per heavy atom. The summed E-state index contributed by atoms with van der Waals surface area (Å²) in [7, 11) is 3.97. The molecule has 0 saturated heterocycles. The van der Waals surface area contributed by atoms with Crippen LogP contribution in [0.15, 0.2) is 75.8 Å². The lowest BCUT2D eigenvalue weighted by molar-refractivity contribution is 0.0529. The number of halogens is 1. The first-order valence-corrected chi connectivity index (χ1v) is 12.3. The van der Waals surface area contributed by atoms with Crippen molar-refractivity contribution in [2.75, 3.05) is 26.2 Å². The number of hydrogen-bond donors (Lipinski definition) is 1. The highest BCUT2D eigenvalue weighted by atomic mass is 79.9. The van der Waals surface area contributed by atoms with Crippen molar-refractivity contribution in [2.45, 2.75) is 12.1 Å². The Labute approximate surface area is 226 Å². The summed E-state index contributed by atoms with van der Waals surface area (Å²) < 4.78 is 22.2. The maximum absolute atomic E-state index is 13.3. The normalized spacial score (nSPS) is 16.2. The minimum Gasteiger partial charge on any atom is -0.497 e. The van der Waals surface area contributed by atoms with E-state index in [4.69, 9.17) is 18.6 Å². The van der Waals surface area contributed by atoms with E-state index in [1.807, 2.05) is 6.07 Å². The lowest BCUT2D eigenvalue weighted by atomic mass is 9.95. The SMILES string of the molecule is COC(=O)c1oc2c(c1C(=O)OC)N(c1ccc(OC)cc1)[C@H](c1ccccn1)[C@H](O)c1ccc(Br)cc1-2. The zero-order valence-electron chi connectivity index (χ0n) is 20.7. The second-order valence-corrected chi connectivity index (χ2v) is 9.33. The minimum atomic E-state index is -1.12. The highest BCUT2D eigenvalue weighted by molar-refractivity contribution is 9.10. The number of pyridine rings is 1. The summed E-state index contributed by atoms with van der Waals surface area (Å²) in [5.74, 6) is -1.16. The Kier molecular flexibility index (Phi) is 6.92. The zero-order chi connectivity index (χ0) is 27.0. The molecule has 2 aromatic carbocycles. The van der Waals surface area contributed by atoms with Crippen LogP contribution in [0.3, 0.4) is 0 Å². The third-order valence-electron chi connectivity index (χ3n) is 6.38. The van der Waals surface area contributed by atoms with Gasteiger partial charge in [0, 0.05) is 21.9 Å². The van der Waals surface area contributed by atoms with Crippen LogP contribution in [0, 0.1) is 0 Å². The molecule has 0 spiro atoms. The summed E-state index contributed by atoms with van der Waals surface area (Å²) in [6, 6.07) is 16.9. The predicted molar refractivity (Wildman–Crippen MR) is 142 cm³/mol. The molecule has 194 valence electrons. The van der Waals surface area contributed by atoms with Gasteiger partial charge in [0.05, 0.1) is 27.0 Å². The molecule has 1 aliphatic heterocycles. The first kappa shape index (κ1) is 25.5. The van der Waals surface area contributed by atoms with E-state index in [0.717, 1.165) is 0 Å². The summed E-state index contributed by atoms with van der Waals surface area (Å²) in [5, 5.41) is 11.9. The van der Waals surface area contributed by atoms with Crippen molar-refractivity contribution in [2.24, 2.45) is 0 Å². The fraction of sp³-hybridized carbons (Fsp3) is 0.179. The molecular weight excluding hydrogens is 556 g/mol. The van der Waals surface area contributed by atoms with Crippen molar-refractivity contribution in [1.82, 2.24) is 4.98 Å². The van der Waals surface area contributed by atoms with E-state index in [0.29, 0.717) is 32.7 Å². The van der Waals surface area contributed by atoms with E-state index in [2.05, 4.69) is 20.9 Å². The third-order valence-corrected chi connectivity index (χ3v) is 6.87. The van der Waals surface area contributed by atoms with E-state index < -0.39 is 24.1 Å². The van der Waals surface area contributed by atoms with Gasteiger partial charge in [-0.2, -0.15) is 0 Å². The standard InChI is InChI=1S/C28H23BrN2O7/c1-35-17-10-8-16(9-11-17)31-22(20-6-4-5-13-30-20)24(32)18-12-7-15(29)14-19(18)25-23(31)21(27(33)36-2)26(38-25)28(34)37-3/h4-14,22,24,32H,1-3H3/t22-,24-/m1/s1. The molecule has 0 unspecified atom stereocenters. The molecule has 2 atom stereocenters. The maximum Gasteiger partial charge on any atom is 0.374 e. The monoisotopic (exact) mass is 578 g/mol. The number of benzene rings is 2. The summed E-state index contributed by atoms with van der Waals surface area (Å²) >= 11 is 3.49. The summed E-state index contributed by atoms with van der Waals surface area (Å²) in [6.45, 7) is 0. The Bertz CT molecular complexity index is 1500. The lowest BCUT2D eigenvalue weighted by Gasteiger charge is -2.35. The minimum absolute atomic E-state index is 0.133. The first-order chi connectivity index (χ1) is 18.4. The number of fused-ring (bicyclic) bond motifs is 3. The number of aliphatic hydroxyl groups excluding tert-OH is 1. The molecule has 10 heteroatoms. The number of furan rings is 1. The van der Waals surface area contributed by atoms with Crippen molar-refractivity contribution in [3.63, 3.8) is 0 Å². The number of aromatic nitrogens is 1. The number of methoxy groups -OCH3 is 3. The molecule has 9 nitrogen and oxygen atoms in total. The van der Waals surface area contributed by atoms with Crippen LogP contribution in [-0.4, -0.2) is 43.4 Å². The van der Waals surface area contributed by atoms with E-state index >= 15 is 0 Å². The molecule has 2 aromatic heterocycles. The van der Waals surface area contributed by atoms with Gasteiger partial charge in [0.15, 0.2) is 5.76 Å². The average molecular weight is 579 g/mol. The van der Waals surface area contributed by atoms with Gasteiger partial charge in [-0.15, -0.1) is 0 Å². The molecule has 0 saturated carbocycles. The number of carbonyl (C=O) groups is 2. The van der Waals surface area contributed by atoms with Gasteiger partial charge in [0.25, 0.3) is 0 Å². The molecule has 1 aliphatic rings. The van der Waals surface area contributed by atoms with E-state index in [9.17, 15) is 14.7 Å². The second kappa shape index (κ2) is 10.3. The van der Waals surface area contributed by atoms with Crippen molar-refractivity contribution < 1.29 is 33.3 Å². The smallest absolute Gasteiger partial charge is 0.374 e. The third kappa shape index (κ3) is 4.21. The molecule has 5 rings (SSSR count). The van der Waals surface area contributed by atoms with Gasteiger partial charge < -0.3 is 28.6 Å². The van der Waals surface area contributed by atoms with Gasteiger partial charge in [-0.05, 0) is 54.1 Å². The second-order valence-electron chi connectivity index (χ2n) is 8.41. The Balaban J connectivity index is 1.94. The largest absolute Gasteiger partial charge is 0.497 e. The van der Waals surface area contributed by atoms with Crippen LogP contribution < -0.4 is 9.64 Å². The average Bonchev–Trinajstić information content (AvgIpc) is 3.31. The Hall–Kier alpha value is -4.15. The van der Waals surface area contributed by atoms with Gasteiger partial charge >= 0.3 is 11.9 Å². The fourth-order valence-electron chi connectivity index (χ4n) is 4.67. The van der Waals surface area contributed by atoms with Gasteiger partial charge in [0.2, 0.25) is 5.76 Å². The van der Waals surface area contributed by atoms with Crippen molar-refractivity contribution >= 4 is 39.2 Å². The number of esters is 2. The quantitative estimate of drug-likeness (QED) is 0.302. The molecule has 0 radical (unpaired) electrons. The van der Waals surface area contributed by atoms with Crippen molar-refractivity contribution in [3.05, 3.63) is 93.9 Å². The molecule has 3 heterocycles. The number of anilines is 2. The first-order valence-electron chi connectivity index (χ1n) is 11.5. The molecule has 0 fully saturated rings. The molecule has 0 aliphatic carbocycles. The van der Waals surface area contributed by atoms with Crippen LogP contribution in [0.1, 0.15) is 44.3 Å². The Morgan fingerprint density at radius 2 is 1.74 bits per heavy atom. The molecule has 38 heavy (non-hydrogen) atoms. The van der Waals surface area contributed by atoms with Crippen LogP contribution in [0.2, 0.25) is 0 Å². The van der Waals surface area contributed by atoms with E-state index in [1.54, 1.807) is 72.8 Å². The maximum atomic E-state index is 13.3. The van der Waals surface area contributed by atoms with Crippen molar-refractivity contribution in [1.29, 1.82) is 0 Å². The number of rotatable bonds is 5. The number of carbonyl (C=O) groups excluding carboxylic acids is 2. The molecule has 4 aromatic rings. The lowest BCUT2D eigenvalue weighted by Crippen LogP contribution is -2.30. The highest BCUT2D eigenvalue weighted by Crippen LogP contribution is 2.54. The number of ether oxygens (including phenoxy) is 3. The van der Waals surface area contributed by atoms with Gasteiger partial charge in [-0.1, -0.05) is 28.1 Å². The molecule has 0 bridgehead atoms. The summed E-state index contributed by atoms with van der Waals surface area (Å²) in [6.07, 6.45) is 0.503. The van der Waals surface area contributed by atoms with Crippen LogP contribution in [0.4, 0.5) is 11.4 Å².